The number of nitrogens with zero attached hydrogens (tertiary/aromatic N) is 4. The van der Waals surface area contributed by atoms with Gasteiger partial charge < -0.3 is 13.9 Å². The summed E-state index contributed by atoms with van der Waals surface area (Å²) >= 11 is 1.45. The zero-order valence-corrected chi connectivity index (χ0v) is 18.6. The van der Waals surface area contributed by atoms with E-state index in [2.05, 4.69) is 38.4 Å². The maximum absolute atomic E-state index is 13.0. The number of thioether (sulfide) groups is 1. The summed E-state index contributed by atoms with van der Waals surface area (Å²) in [6, 6.07) is 12.2. The van der Waals surface area contributed by atoms with Crippen molar-refractivity contribution in [2.45, 2.75) is 58.0 Å². The molecule has 1 aliphatic heterocycles. The monoisotopic (exact) mass is 424 g/mol. The lowest BCUT2D eigenvalue weighted by Gasteiger charge is -2.14. The van der Waals surface area contributed by atoms with E-state index in [1.165, 1.54) is 17.3 Å². The van der Waals surface area contributed by atoms with Crippen molar-refractivity contribution < 1.29 is 9.53 Å². The third-order valence-electron chi connectivity index (χ3n) is 5.70. The summed E-state index contributed by atoms with van der Waals surface area (Å²) in [6.07, 6.45) is 2.47. The Morgan fingerprint density at radius 3 is 2.70 bits per heavy atom. The van der Waals surface area contributed by atoms with Crippen molar-refractivity contribution in [3.05, 3.63) is 64.7 Å². The Morgan fingerprint density at radius 2 is 1.97 bits per heavy atom. The van der Waals surface area contributed by atoms with E-state index in [1.807, 2.05) is 38.1 Å². The van der Waals surface area contributed by atoms with E-state index in [0.717, 1.165) is 53.9 Å². The van der Waals surface area contributed by atoms with Crippen LogP contribution in [0.25, 0.3) is 0 Å². The van der Waals surface area contributed by atoms with Gasteiger partial charge in [-0.3, -0.25) is 4.79 Å². The van der Waals surface area contributed by atoms with Crippen LogP contribution in [0.4, 0.5) is 0 Å². The number of Topliss-reactive ketones (excluding diaryl/α,β-unsaturated/α-hetero) is 1. The molecule has 1 atom stereocenters. The van der Waals surface area contributed by atoms with Crippen LogP contribution in [0.2, 0.25) is 0 Å². The molecular weight excluding hydrogens is 396 g/mol. The van der Waals surface area contributed by atoms with Gasteiger partial charge in [0.2, 0.25) is 0 Å². The predicted octanol–water partition coefficient (Wildman–Crippen LogP) is 4.21. The highest BCUT2D eigenvalue weighted by Gasteiger charge is 2.21. The van der Waals surface area contributed by atoms with Crippen molar-refractivity contribution in [3.63, 3.8) is 0 Å². The van der Waals surface area contributed by atoms with E-state index in [1.54, 1.807) is 0 Å². The molecule has 1 aromatic carbocycles. The van der Waals surface area contributed by atoms with Crippen LogP contribution in [0.3, 0.4) is 0 Å². The Hall–Kier alpha value is -2.38. The van der Waals surface area contributed by atoms with Crippen molar-refractivity contribution in [2.75, 3.05) is 12.4 Å². The van der Waals surface area contributed by atoms with Gasteiger partial charge in [-0.05, 0) is 45.2 Å². The first-order chi connectivity index (χ1) is 14.5. The van der Waals surface area contributed by atoms with Gasteiger partial charge in [-0.2, -0.15) is 0 Å². The van der Waals surface area contributed by atoms with Gasteiger partial charge >= 0.3 is 0 Å². The van der Waals surface area contributed by atoms with Gasteiger partial charge in [-0.25, -0.2) is 0 Å². The van der Waals surface area contributed by atoms with Gasteiger partial charge in [0.15, 0.2) is 10.9 Å². The maximum Gasteiger partial charge on any atom is 0.191 e. The number of hydrogen-bond acceptors (Lipinski definition) is 5. The average Bonchev–Trinajstić information content (AvgIpc) is 3.45. The molecule has 1 aliphatic rings. The molecule has 0 saturated carbocycles. The maximum atomic E-state index is 13.0. The van der Waals surface area contributed by atoms with Gasteiger partial charge in [0.25, 0.3) is 0 Å². The highest BCUT2D eigenvalue weighted by atomic mass is 32.2. The second kappa shape index (κ2) is 9.18. The minimum atomic E-state index is 0.124. The van der Waals surface area contributed by atoms with Gasteiger partial charge in [0.1, 0.15) is 5.82 Å². The summed E-state index contributed by atoms with van der Waals surface area (Å²) in [5.74, 6) is 1.32. The second-order valence-corrected chi connectivity index (χ2v) is 8.79. The number of rotatable bonds is 8. The standard InChI is InChI=1S/C23H28N4O2S/c1-16-12-21(17(2)26(16)14-20-10-7-11-29-20)22(28)15-30-23-25-24-18(3)27(23)13-19-8-5-4-6-9-19/h4-6,8-9,12,20H,7,10-11,13-15H2,1-3H3/t20-/m1/s1. The summed E-state index contributed by atoms with van der Waals surface area (Å²) in [5, 5.41) is 9.29. The summed E-state index contributed by atoms with van der Waals surface area (Å²) < 4.78 is 10.1. The second-order valence-electron chi connectivity index (χ2n) is 7.84. The normalized spacial score (nSPS) is 16.3. The summed E-state index contributed by atoms with van der Waals surface area (Å²) in [4.78, 5) is 13.0. The lowest BCUT2D eigenvalue weighted by atomic mass is 10.2. The molecule has 158 valence electrons. The van der Waals surface area contributed by atoms with Crippen LogP contribution in [0.15, 0.2) is 41.6 Å². The highest BCUT2D eigenvalue weighted by Crippen LogP contribution is 2.24. The number of hydrogen-bond donors (Lipinski definition) is 0. The lowest BCUT2D eigenvalue weighted by Crippen LogP contribution is -2.17. The third-order valence-corrected chi connectivity index (χ3v) is 6.67. The van der Waals surface area contributed by atoms with E-state index in [-0.39, 0.29) is 11.9 Å². The molecule has 0 radical (unpaired) electrons. The van der Waals surface area contributed by atoms with Crippen LogP contribution >= 0.6 is 11.8 Å². The van der Waals surface area contributed by atoms with Crippen molar-refractivity contribution in [1.82, 2.24) is 19.3 Å². The molecule has 30 heavy (non-hydrogen) atoms. The topological polar surface area (TPSA) is 61.9 Å². The number of benzene rings is 1. The van der Waals surface area contributed by atoms with E-state index in [0.29, 0.717) is 12.3 Å². The zero-order chi connectivity index (χ0) is 21.1. The van der Waals surface area contributed by atoms with Gasteiger partial charge in [-0.1, -0.05) is 42.1 Å². The molecule has 1 fully saturated rings. The van der Waals surface area contributed by atoms with Crippen LogP contribution < -0.4 is 0 Å². The van der Waals surface area contributed by atoms with Crippen LogP contribution in [0, 0.1) is 20.8 Å². The number of ether oxygens (including phenoxy) is 1. The molecule has 6 nitrogen and oxygen atoms in total. The molecular formula is C23H28N4O2S. The molecule has 0 aliphatic carbocycles. The Bertz CT molecular complexity index is 1020. The molecule has 3 heterocycles. The number of aromatic nitrogens is 4. The van der Waals surface area contributed by atoms with E-state index >= 15 is 0 Å². The van der Waals surface area contributed by atoms with Gasteiger partial charge in [0.05, 0.1) is 18.4 Å². The van der Waals surface area contributed by atoms with Crippen LogP contribution in [0.5, 0.6) is 0 Å². The quantitative estimate of drug-likeness (QED) is 0.400. The number of aryl methyl sites for hydroxylation is 2. The fourth-order valence-electron chi connectivity index (χ4n) is 3.98. The molecule has 0 amide bonds. The first-order valence-electron chi connectivity index (χ1n) is 10.4. The van der Waals surface area contributed by atoms with Crippen molar-refractivity contribution in [2.24, 2.45) is 0 Å². The molecule has 4 rings (SSSR count). The smallest absolute Gasteiger partial charge is 0.191 e. The number of carbonyl (C=O) groups excluding carboxylic acids is 1. The Kier molecular flexibility index (Phi) is 6.39. The fraction of sp³-hybridized carbons (Fsp3) is 0.435. The highest BCUT2D eigenvalue weighted by molar-refractivity contribution is 7.99. The Balaban J connectivity index is 1.44. The minimum absolute atomic E-state index is 0.124. The van der Waals surface area contributed by atoms with Crippen LogP contribution in [-0.2, 0) is 17.8 Å². The third kappa shape index (κ3) is 4.52. The number of carbonyl (C=O) groups is 1. The van der Waals surface area contributed by atoms with Crippen molar-refractivity contribution in [3.8, 4) is 0 Å². The molecule has 0 spiro atoms. The number of ketones is 1. The lowest BCUT2D eigenvalue weighted by molar-refractivity contribution is 0.0957. The van der Waals surface area contributed by atoms with Crippen LogP contribution in [-0.4, -0.2) is 43.6 Å². The fourth-order valence-corrected chi connectivity index (χ4v) is 4.85. The molecule has 2 aromatic heterocycles. The first kappa shape index (κ1) is 20.9. The van der Waals surface area contributed by atoms with E-state index in [4.69, 9.17) is 4.74 Å². The Labute approximate surface area is 181 Å². The van der Waals surface area contributed by atoms with Gasteiger partial charge in [-0.15, -0.1) is 10.2 Å². The zero-order valence-electron chi connectivity index (χ0n) is 17.8. The average molecular weight is 425 g/mol. The minimum Gasteiger partial charge on any atom is -0.376 e. The molecule has 7 heteroatoms. The first-order valence-corrected chi connectivity index (χ1v) is 11.4. The molecule has 0 bridgehead atoms. The van der Waals surface area contributed by atoms with Gasteiger partial charge in [0, 0.05) is 30.1 Å². The van der Waals surface area contributed by atoms with E-state index in [9.17, 15) is 4.79 Å². The predicted molar refractivity (Wildman–Crippen MR) is 118 cm³/mol. The SMILES string of the molecule is Cc1cc(C(=O)CSc2nnc(C)n2Cc2ccccc2)c(C)n1C[C@H]1CCCO1. The van der Waals surface area contributed by atoms with Crippen molar-refractivity contribution in [1.29, 1.82) is 0 Å². The Morgan fingerprint density at radius 1 is 1.17 bits per heavy atom. The summed E-state index contributed by atoms with van der Waals surface area (Å²) in [6.45, 7) is 8.40. The van der Waals surface area contributed by atoms with Crippen LogP contribution in [0.1, 0.15) is 46.0 Å². The molecule has 0 unspecified atom stereocenters. The summed E-state index contributed by atoms with van der Waals surface area (Å²) in [5.41, 5.74) is 4.12. The summed E-state index contributed by atoms with van der Waals surface area (Å²) in [7, 11) is 0. The largest absolute Gasteiger partial charge is 0.376 e. The molecule has 0 N–H and O–H groups in total. The molecule has 1 saturated heterocycles. The molecule has 3 aromatic rings. The van der Waals surface area contributed by atoms with Crippen molar-refractivity contribution >= 4 is 17.5 Å². The van der Waals surface area contributed by atoms with E-state index < -0.39 is 0 Å².